The van der Waals surface area contributed by atoms with E-state index < -0.39 is 17.4 Å². The molecule has 108 valence electrons. The molecule has 2 rings (SSSR count). The van der Waals surface area contributed by atoms with Crippen LogP contribution in [0.4, 0.5) is 14.6 Å². The van der Waals surface area contributed by atoms with Crippen LogP contribution in [-0.2, 0) is 5.92 Å². The van der Waals surface area contributed by atoms with Crippen LogP contribution < -0.4 is 5.73 Å². The first-order valence-electron chi connectivity index (χ1n) is 5.90. The molecule has 0 radical (unpaired) electrons. The molecule has 0 aliphatic carbocycles. The van der Waals surface area contributed by atoms with Crippen LogP contribution in [0.3, 0.4) is 0 Å². The highest BCUT2D eigenvalue weighted by Gasteiger charge is 2.35. The van der Waals surface area contributed by atoms with Crippen LogP contribution in [0.2, 0.25) is 0 Å². The Morgan fingerprint density at radius 3 is 2.62 bits per heavy atom. The van der Waals surface area contributed by atoms with Gasteiger partial charge in [0.2, 0.25) is 0 Å². The van der Waals surface area contributed by atoms with Crippen molar-refractivity contribution in [3.8, 4) is 11.9 Å². The summed E-state index contributed by atoms with van der Waals surface area (Å²) in [5.74, 6) is -3.91. The number of nitrogens with zero attached hydrogens (tertiary/aromatic N) is 4. The summed E-state index contributed by atoms with van der Waals surface area (Å²) in [5.41, 5.74) is 4.94. The van der Waals surface area contributed by atoms with Gasteiger partial charge in [-0.05, 0) is 19.1 Å². The van der Waals surface area contributed by atoms with E-state index >= 15 is 0 Å². The second-order valence-corrected chi connectivity index (χ2v) is 4.48. The van der Waals surface area contributed by atoms with Crippen molar-refractivity contribution in [1.29, 1.82) is 5.26 Å². The highest BCUT2D eigenvalue weighted by molar-refractivity contribution is 5.95. The number of aromatic nitrogens is 3. The van der Waals surface area contributed by atoms with Crippen molar-refractivity contribution in [1.82, 2.24) is 14.8 Å². The van der Waals surface area contributed by atoms with Crippen molar-refractivity contribution in [3.63, 3.8) is 0 Å². The van der Waals surface area contributed by atoms with Gasteiger partial charge in [-0.15, -0.1) is 0 Å². The lowest BCUT2D eigenvalue weighted by Crippen LogP contribution is -2.19. The Kier molecular flexibility index (Phi) is 3.43. The zero-order valence-corrected chi connectivity index (χ0v) is 11.3. The normalized spacial score (nSPS) is 11.2. The minimum absolute atomic E-state index is 0.00975. The summed E-state index contributed by atoms with van der Waals surface area (Å²) in [4.78, 5) is 15.3. The van der Waals surface area contributed by atoms with Crippen molar-refractivity contribution in [2.24, 2.45) is 0 Å². The number of nitrogens with two attached hydrogens (primary N) is 1. The van der Waals surface area contributed by atoms with Gasteiger partial charge in [-0.2, -0.15) is 19.1 Å². The second kappa shape index (κ2) is 4.94. The molecule has 0 spiro atoms. The predicted molar refractivity (Wildman–Crippen MR) is 70.1 cm³/mol. The summed E-state index contributed by atoms with van der Waals surface area (Å²) in [6.45, 7) is 1.84. The van der Waals surface area contributed by atoms with Gasteiger partial charge in [0, 0.05) is 6.92 Å². The molecule has 0 aliphatic rings. The van der Waals surface area contributed by atoms with Crippen molar-refractivity contribution >= 4 is 11.6 Å². The van der Waals surface area contributed by atoms with Gasteiger partial charge in [0.1, 0.15) is 17.6 Å². The van der Waals surface area contributed by atoms with Crippen LogP contribution in [0.25, 0.3) is 5.82 Å². The van der Waals surface area contributed by atoms with Gasteiger partial charge in [-0.25, -0.2) is 9.67 Å². The first-order valence-corrected chi connectivity index (χ1v) is 5.90. The SMILES string of the molecule is CC(=O)c1cnn(-c2ccc(C#N)c(N)n2)c1C(C)(F)F. The van der Waals surface area contributed by atoms with Gasteiger partial charge in [-0.1, -0.05) is 0 Å². The fourth-order valence-electron chi connectivity index (χ4n) is 1.88. The van der Waals surface area contributed by atoms with Crippen LogP contribution in [-0.4, -0.2) is 20.5 Å². The largest absolute Gasteiger partial charge is 0.383 e. The van der Waals surface area contributed by atoms with Gasteiger partial charge in [0.25, 0.3) is 5.92 Å². The first-order chi connectivity index (χ1) is 9.75. The van der Waals surface area contributed by atoms with Crippen molar-refractivity contribution < 1.29 is 13.6 Å². The second-order valence-electron chi connectivity index (χ2n) is 4.48. The maximum Gasteiger partial charge on any atom is 0.287 e. The molecular weight excluding hydrogens is 280 g/mol. The molecule has 6 nitrogen and oxygen atoms in total. The topological polar surface area (TPSA) is 97.6 Å². The summed E-state index contributed by atoms with van der Waals surface area (Å²) in [5, 5.41) is 12.6. The molecule has 2 aromatic rings. The number of carbonyl (C=O) groups is 1. The molecule has 2 heterocycles. The molecule has 2 aromatic heterocycles. The maximum absolute atomic E-state index is 13.8. The maximum atomic E-state index is 13.8. The molecule has 0 unspecified atom stereocenters. The minimum atomic E-state index is -3.29. The van der Waals surface area contributed by atoms with Gasteiger partial charge in [-0.3, -0.25) is 4.79 Å². The predicted octanol–water partition coefficient (Wildman–Crippen LogP) is 2.04. The van der Waals surface area contributed by atoms with Crippen molar-refractivity contribution in [3.05, 3.63) is 35.2 Å². The van der Waals surface area contributed by atoms with E-state index in [9.17, 15) is 13.6 Å². The summed E-state index contributed by atoms with van der Waals surface area (Å²) in [6, 6.07) is 4.51. The van der Waals surface area contributed by atoms with Crippen LogP contribution in [0, 0.1) is 11.3 Å². The molecule has 0 bridgehead atoms. The number of hydrogen-bond acceptors (Lipinski definition) is 5. The number of ketones is 1. The fourth-order valence-corrected chi connectivity index (χ4v) is 1.88. The number of nitriles is 1. The molecule has 2 N–H and O–H groups in total. The monoisotopic (exact) mass is 291 g/mol. The number of Topliss-reactive ketones (excluding diaryl/α,β-unsaturated/α-hetero) is 1. The summed E-state index contributed by atoms with van der Waals surface area (Å²) >= 11 is 0. The highest BCUT2D eigenvalue weighted by atomic mass is 19.3. The Balaban J connectivity index is 2.68. The quantitative estimate of drug-likeness (QED) is 0.872. The third-order valence-electron chi connectivity index (χ3n) is 2.81. The zero-order valence-electron chi connectivity index (χ0n) is 11.3. The third-order valence-corrected chi connectivity index (χ3v) is 2.81. The summed E-state index contributed by atoms with van der Waals surface area (Å²) in [6.07, 6.45) is 1.06. The van der Waals surface area contributed by atoms with E-state index in [1.165, 1.54) is 19.1 Å². The van der Waals surface area contributed by atoms with Crippen LogP contribution >= 0.6 is 0 Å². The average Bonchev–Trinajstić information content (AvgIpc) is 2.83. The third kappa shape index (κ3) is 2.58. The molecule has 0 atom stereocenters. The number of hydrogen-bond donors (Lipinski definition) is 1. The number of anilines is 1. The van der Waals surface area contributed by atoms with Crippen LogP contribution in [0.5, 0.6) is 0 Å². The lowest BCUT2D eigenvalue weighted by Gasteiger charge is -2.14. The molecule has 0 aliphatic heterocycles. The van der Waals surface area contributed by atoms with E-state index in [4.69, 9.17) is 11.0 Å². The zero-order chi connectivity index (χ0) is 15.8. The van der Waals surface area contributed by atoms with Gasteiger partial charge >= 0.3 is 0 Å². The molecular formula is C13H11F2N5O. The van der Waals surface area contributed by atoms with E-state index in [1.54, 1.807) is 0 Å². The molecule has 8 heteroatoms. The Morgan fingerprint density at radius 2 is 2.14 bits per heavy atom. The first kappa shape index (κ1) is 14.6. The molecule has 0 saturated heterocycles. The van der Waals surface area contributed by atoms with E-state index in [0.717, 1.165) is 10.9 Å². The van der Waals surface area contributed by atoms with Gasteiger partial charge < -0.3 is 5.73 Å². The van der Waals surface area contributed by atoms with Crippen LogP contribution in [0.1, 0.15) is 35.5 Å². The lowest BCUT2D eigenvalue weighted by molar-refractivity contribution is 0.00922. The summed E-state index contributed by atoms with van der Waals surface area (Å²) < 4.78 is 28.4. The van der Waals surface area contributed by atoms with Gasteiger partial charge in [0.15, 0.2) is 11.6 Å². The average molecular weight is 291 g/mol. The number of alkyl halides is 2. The highest BCUT2D eigenvalue weighted by Crippen LogP contribution is 2.31. The number of pyridine rings is 1. The molecule has 0 saturated carbocycles. The minimum Gasteiger partial charge on any atom is -0.383 e. The van der Waals surface area contributed by atoms with E-state index in [1.807, 2.05) is 6.07 Å². The Bertz CT molecular complexity index is 755. The Hall–Kier alpha value is -2.82. The fraction of sp³-hybridized carbons (Fsp3) is 0.231. The lowest BCUT2D eigenvalue weighted by atomic mass is 10.1. The molecule has 21 heavy (non-hydrogen) atoms. The standard InChI is InChI=1S/C13H11F2N5O/c1-7(21)9-6-18-20(11(9)13(2,14)15)10-4-3-8(5-16)12(17)19-10/h3-4,6H,1-2H3,(H2,17,19). The number of nitrogen functional groups attached to an aromatic ring is 1. The smallest absolute Gasteiger partial charge is 0.287 e. The molecule has 0 amide bonds. The van der Waals surface area contributed by atoms with E-state index in [-0.39, 0.29) is 22.8 Å². The van der Waals surface area contributed by atoms with E-state index in [2.05, 4.69) is 10.1 Å². The molecule has 0 fully saturated rings. The van der Waals surface area contributed by atoms with Gasteiger partial charge in [0.05, 0.1) is 17.3 Å². The number of halogens is 2. The summed E-state index contributed by atoms with van der Waals surface area (Å²) in [7, 11) is 0. The van der Waals surface area contributed by atoms with E-state index in [0.29, 0.717) is 6.92 Å². The number of rotatable bonds is 3. The van der Waals surface area contributed by atoms with Crippen molar-refractivity contribution in [2.45, 2.75) is 19.8 Å². The number of carbonyl (C=O) groups excluding carboxylic acids is 1. The van der Waals surface area contributed by atoms with Crippen LogP contribution in [0.15, 0.2) is 18.3 Å². The Labute approximate surface area is 118 Å². The van der Waals surface area contributed by atoms with Crippen molar-refractivity contribution in [2.75, 3.05) is 5.73 Å². The Morgan fingerprint density at radius 1 is 1.48 bits per heavy atom. The molecule has 0 aromatic carbocycles.